The molecule has 18 heavy (non-hydrogen) atoms. The minimum absolute atomic E-state index is 0.143. The Kier molecular flexibility index (Phi) is 4.69. The summed E-state index contributed by atoms with van der Waals surface area (Å²) in [5.74, 6) is 1.72. The molecule has 1 aromatic rings. The first-order chi connectivity index (χ1) is 8.75. The summed E-state index contributed by atoms with van der Waals surface area (Å²) in [5.41, 5.74) is 0. The third kappa shape index (κ3) is 3.80. The lowest BCUT2D eigenvalue weighted by atomic mass is 10.0. The molecule has 6 heteroatoms. The number of rotatable bonds is 6. The first-order valence-electron chi connectivity index (χ1n) is 6.56. The fourth-order valence-corrected chi connectivity index (χ4v) is 2.23. The average molecular weight is 251 g/mol. The highest BCUT2D eigenvalue weighted by Gasteiger charge is 2.15. The van der Waals surface area contributed by atoms with Gasteiger partial charge in [-0.1, -0.05) is 0 Å². The number of amides is 1. The summed E-state index contributed by atoms with van der Waals surface area (Å²) in [6.07, 6.45) is 5.22. The van der Waals surface area contributed by atoms with Gasteiger partial charge in [-0.05, 0) is 31.8 Å². The number of hydrogen-bond acceptors (Lipinski definition) is 4. The number of nitrogens with one attached hydrogen (secondary N) is 2. The van der Waals surface area contributed by atoms with Crippen LogP contribution in [0.1, 0.15) is 25.1 Å². The summed E-state index contributed by atoms with van der Waals surface area (Å²) >= 11 is 0. The van der Waals surface area contributed by atoms with Crippen molar-refractivity contribution < 1.29 is 4.79 Å². The zero-order chi connectivity index (χ0) is 12.8. The normalized spacial score (nSPS) is 19.1. The zero-order valence-corrected chi connectivity index (χ0v) is 10.9. The lowest BCUT2D eigenvalue weighted by Crippen LogP contribution is -2.26. The lowest BCUT2D eigenvalue weighted by Gasteiger charge is -2.08. The van der Waals surface area contributed by atoms with E-state index in [2.05, 4.69) is 20.8 Å². The Balaban J connectivity index is 1.58. The molecule has 0 saturated carbocycles. The summed E-state index contributed by atoms with van der Waals surface area (Å²) in [6, 6.07) is 0. The Morgan fingerprint density at radius 3 is 3.22 bits per heavy atom. The lowest BCUT2D eigenvalue weighted by molar-refractivity contribution is -0.121. The monoisotopic (exact) mass is 251 g/mol. The average Bonchev–Trinajstić information content (AvgIpc) is 2.99. The number of hydrogen-bond donors (Lipinski definition) is 2. The molecular weight excluding hydrogens is 230 g/mol. The topological polar surface area (TPSA) is 71.8 Å². The molecular formula is C12H21N5O. The van der Waals surface area contributed by atoms with E-state index < -0.39 is 0 Å². The van der Waals surface area contributed by atoms with Gasteiger partial charge in [0.15, 0.2) is 0 Å². The minimum Gasteiger partial charge on any atom is -0.356 e. The van der Waals surface area contributed by atoms with Crippen LogP contribution in [-0.4, -0.2) is 40.3 Å². The molecule has 2 rings (SSSR count). The van der Waals surface area contributed by atoms with Crippen molar-refractivity contribution in [2.75, 3.05) is 19.6 Å². The van der Waals surface area contributed by atoms with Crippen molar-refractivity contribution in [1.82, 2.24) is 25.4 Å². The van der Waals surface area contributed by atoms with Crippen LogP contribution in [0.2, 0.25) is 0 Å². The molecule has 0 aromatic carbocycles. The van der Waals surface area contributed by atoms with Gasteiger partial charge >= 0.3 is 0 Å². The number of nitrogens with zero attached hydrogens (tertiary/aromatic N) is 3. The predicted octanol–water partition coefficient (Wildman–Crippen LogP) is -0.136. The van der Waals surface area contributed by atoms with Crippen LogP contribution in [0.3, 0.4) is 0 Å². The van der Waals surface area contributed by atoms with Gasteiger partial charge in [0.05, 0.1) is 0 Å². The summed E-state index contributed by atoms with van der Waals surface area (Å²) < 4.78 is 1.87. The molecule has 100 valence electrons. The van der Waals surface area contributed by atoms with Gasteiger partial charge in [-0.25, -0.2) is 0 Å². The van der Waals surface area contributed by atoms with Gasteiger partial charge in [-0.3, -0.25) is 4.79 Å². The van der Waals surface area contributed by atoms with E-state index in [1.165, 1.54) is 6.42 Å². The molecule has 1 saturated heterocycles. The maximum Gasteiger partial charge on any atom is 0.220 e. The predicted molar refractivity (Wildman–Crippen MR) is 67.9 cm³/mol. The maximum atomic E-state index is 11.6. The molecule has 1 aliphatic heterocycles. The van der Waals surface area contributed by atoms with Crippen molar-refractivity contribution in [1.29, 1.82) is 0 Å². The maximum absolute atomic E-state index is 11.6. The van der Waals surface area contributed by atoms with Gasteiger partial charge in [-0.2, -0.15) is 0 Å². The van der Waals surface area contributed by atoms with Crippen molar-refractivity contribution >= 4 is 5.91 Å². The van der Waals surface area contributed by atoms with E-state index in [0.29, 0.717) is 18.9 Å². The molecule has 1 unspecified atom stereocenters. The second-order valence-electron chi connectivity index (χ2n) is 4.86. The van der Waals surface area contributed by atoms with Crippen LogP contribution in [0.4, 0.5) is 0 Å². The van der Waals surface area contributed by atoms with E-state index in [-0.39, 0.29) is 5.91 Å². The molecule has 6 nitrogen and oxygen atoms in total. The van der Waals surface area contributed by atoms with Gasteiger partial charge in [0.1, 0.15) is 12.2 Å². The van der Waals surface area contributed by atoms with Crippen LogP contribution in [0, 0.1) is 5.92 Å². The Bertz CT molecular complexity index is 384. The summed E-state index contributed by atoms with van der Waals surface area (Å²) in [4.78, 5) is 11.6. The molecule has 0 radical (unpaired) electrons. The molecule has 1 aromatic heterocycles. The molecule has 1 fully saturated rings. The van der Waals surface area contributed by atoms with E-state index in [4.69, 9.17) is 0 Å². The van der Waals surface area contributed by atoms with Gasteiger partial charge in [0, 0.05) is 26.4 Å². The van der Waals surface area contributed by atoms with Crippen LogP contribution >= 0.6 is 0 Å². The SMILES string of the molecule is Cn1cnnc1CCNC(=O)CCC1CCNC1. The summed E-state index contributed by atoms with van der Waals surface area (Å²) in [6.45, 7) is 2.79. The van der Waals surface area contributed by atoms with E-state index in [1.54, 1.807) is 6.33 Å². The van der Waals surface area contributed by atoms with E-state index in [9.17, 15) is 4.79 Å². The number of aromatic nitrogens is 3. The highest BCUT2D eigenvalue weighted by Crippen LogP contribution is 2.13. The molecule has 0 aliphatic carbocycles. The Labute approximate surface area is 107 Å². The van der Waals surface area contributed by atoms with Crippen molar-refractivity contribution in [2.24, 2.45) is 13.0 Å². The van der Waals surface area contributed by atoms with Gasteiger partial charge in [-0.15, -0.1) is 10.2 Å². The van der Waals surface area contributed by atoms with Crippen LogP contribution in [-0.2, 0) is 18.3 Å². The van der Waals surface area contributed by atoms with Crippen molar-refractivity contribution in [3.8, 4) is 0 Å². The quantitative estimate of drug-likeness (QED) is 0.738. The molecule has 1 amide bonds. The fraction of sp³-hybridized carbons (Fsp3) is 0.750. The Hall–Kier alpha value is -1.43. The van der Waals surface area contributed by atoms with E-state index in [0.717, 1.165) is 31.8 Å². The first kappa shape index (κ1) is 13.0. The van der Waals surface area contributed by atoms with Crippen LogP contribution in [0.5, 0.6) is 0 Å². The Morgan fingerprint density at radius 2 is 2.56 bits per heavy atom. The smallest absolute Gasteiger partial charge is 0.220 e. The summed E-state index contributed by atoms with van der Waals surface area (Å²) in [5, 5.41) is 14.0. The zero-order valence-electron chi connectivity index (χ0n) is 10.9. The Morgan fingerprint density at radius 1 is 1.67 bits per heavy atom. The number of carbonyl (C=O) groups is 1. The molecule has 2 N–H and O–H groups in total. The van der Waals surface area contributed by atoms with E-state index >= 15 is 0 Å². The van der Waals surface area contributed by atoms with Crippen LogP contribution < -0.4 is 10.6 Å². The third-order valence-electron chi connectivity index (χ3n) is 3.42. The van der Waals surface area contributed by atoms with Crippen molar-refractivity contribution in [3.63, 3.8) is 0 Å². The second kappa shape index (κ2) is 6.49. The fourth-order valence-electron chi connectivity index (χ4n) is 2.23. The van der Waals surface area contributed by atoms with Crippen LogP contribution in [0.15, 0.2) is 6.33 Å². The molecule has 0 bridgehead atoms. The molecule has 2 heterocycles. The number of aryl methyl sites for hydroxylation is 1. The van der Waals surface area contributed by atoms with Crippen molar-refractivity contribution in [3.05, 3.63) is 12.2 Å². The highest BCUT2D eigenvalue weighted by molar-refractivity contribution is 5.75. The third-order valence-corrected chi connectivity index (χ3v) is 3.42. The largest absolute Gasteiger partial charge is 0.356 e. The van der Waals surface area contributed by atoms with Crippen LogP contribution in [0.25, 0.3) is 0 Å². The molecule has 1 aliphatic rings. The van der Waals surface area contributed by atoms with Crippen molar-refractivity contribution in [2.45, 2.75) is 25.7 Å². The van der Waals surface area contributed by atoms with Gasteiger partial charge in [0.25, 0.3) is 0 Å². The number of carbonyl (C=O) groups excluding carboxylic acids is 1. The van der Waals surface area contributed by atoms with E-state index in [1.807, 2.05) is 11.6 Å². The highest BCUT2D eigenvalue weighted by atomic mass is 16.1. The second-order valence-corrected chi connectivity index (χ2v) is 4.86. The summed E-state index contributed by atoms with van der Waals surface area (Å²) in [7, 11) is 1.91. The van der Waals surface area contributed by atoms with Gasteiger partial charge in [0.2, 0.25) is 5.91 Å². The molecule has 0 spiro atoms. The first-order valence-corrected chi connectivity index (χ1v) is 6.56. The minimum atomic E-state index is 0.143. The van der Waals surface area contributed by atoms with Gasteiger partial charge < -0.3 is 15.2 Å². The molecule has 1 atom stereocenters. The standard InChI is InChI=1S/C12H21N5O/c1-17-9-15-16-11(17)5-7-14-12(18)3-2-10-4-6-13-8-10/h9-10,13H,2-8H2,1H3,(H,14,18).